The lowest BCUT2D eigenvalue weighted by atomic mass is 10.2. The first kappa shape index (κ1) is 20.9. The van der Waals surface area contributed by atoms with Crippen LogP contribution < -0.4 is 15.4 Å². The molecule has 4 nitrogen and oxygen atoms in total. The van der Waals surface area contributed by atoms with Crippen LogP contribution >= 0.6 is 24.0 Å². The Bertz CT molecular complexity index is 508. The minimum Gasteiger partial charge on any atom is -0.488 e. The maximum absolute atomic E-state index is 12.2. The molecule has 7 heteroatoms. The molecule has 0 bridgehead atoms. The van der Waals surface area contributed by atoms with Gasteiger partial charge in [-0.2, -0.15) is 0 Å². The molecule has 1 fully saturated rings. The van der Waals surface area contributed by atoms with E-state index >= 15 is 0 Å². The largest absolute Gasteiger partial charge is 0.488 e. The number of hydrogen-bond donors (Lipinski definition) is 2. The van der Waals surface area contributed by atoms with E-state index in [0.29, 0.717) is 18.3 Å². The summed E-state index contributed by atoms with van der Waals surface area (Å²) in [6.07, 6.45) is 2.43. The fourth-order valence-electron chi connectivity index (χ4n) is 2.65. The zero-order chi connectivity index (χ0) is 16.5. The number of benzene rings is 1. The molecule has 0 atom stereocenters. The number of hydrogen-bond acceptors (Lipinski definition) is 2. The lowest BCUT2D eigenvalue weighted by Crippen LogP contribution is -2.42. The van der Waals surface area contributed by atoms with Crippen LogP contribution in [0.15, 0.2) is 29.3 Å². The Hall–Kier alpha value is -1.12. The van der Waals surface area contributed by atoms with Crippen molar-refractivity contribution >= 4 is 29.9 Å². The second-order valence-corrected chi connectivity index (χ2v) is 5.67. The van der Waals surface area contributed by atoms with Crippen molar-refractivity contribution in [1.29, 1.82) is 0 Å². The number of aliphatic imine (C=N–C) groups is 1. The van der Waals surface area contributed by atoms with E-state index in [9.17, 15) is 8.78 Å². The summed E-state index contributed by atoms with van der Waals surface area (Å²) in [7, 11) is 0. The molecule has 0 saturated heterocycles. The summed E-state index contributed by atoms with van der Waals surface area (Å²) in [4.78, 5) is 4.57. The molecule has 136 valence electrons. The Morgan fingerprint density at radius 1 is 1.33 bits per heavy atom. The molecule has 1 aromatic carbocycles. The van der Waals surface area contributed by atoms with Gasteiger partial charge in [0.25, 0.3) is 6.43 Å². The highest BCUT2D eigenvalue weighted by atomic mass is 127. The quantitative estimate of drug-likeness (QED) is 0.374. The predicted molar refractivity (Wildman–Crippen MR) is 104 cm³/mol. The van der Waals surface area contributed by atoms with Gasteiger partial charge >= 0.3 is 0 Å². The van der Waals surface area contributed by atoms with Gasteiger partial charge in [-0.1, -0.05) is 25.0 Å². The molecule has 2 N–H and O–H groups in total. The molecule has 2 rings (SSSR count). The normalized spacial score (nSPS) is 15.2. The van der Waals surface area contributed by atoms with Gasteiger partial charge in [-0.3, -0.25) is 0 Å². The molecule has 0 aromatic heterocycles. The van der Waals surface area contributed by atoms with Crippen LogP contribution in [0.2, 0.25) is 0 Å². The van der Waals surface area contributed by atoms with Gasteiger partial charge < -0.3 is 15.4 Å². The van der Waals surface area contributed by atoms with E-state index in [1.54, 1.807) is 18.2 Å². The van der Waals surface area contributed by atoms with Gasteiger partial charge in [-0.05, 0) is 37.5 Å². The van der Waals surface area contributed by atoms with Gasteiger partial charge in [-0.15, -0.1) is 24.0 Å². The first-order valence-electron chi connectivity index (χ1n) is 8.22. The molecule has 0 spiro atoms. The molecule has 1 saturated carbocycles. The Labute approximate surface area is 159 Å². The molecular weight excluding hydrogens is 427 g/mol. The highest BCUT2D eigenvalue weighted by Gasteiger charge is 2.15. The van der Waals surface area contributed by atoms with Crippen LogP contribution in [-0.4, -0.2) is 31.6 Å². The van der Waals surface area contributed by atoms with Crippen molar-refractivity contribution in [1.82, 2.24) is 10.6 Å². The summed E-state index contributed by atoms with van der Waals surface area (Å²) in [5.41, 5.74) is 0.931. The molecule has 0 aliphatic heterocycles. The average Bonchev–Trinajstić information content (AvgIpc) is 3.04. The van der Waals surface area contributed by atoms with E-state index < -0.39 is 13.0 Å². The van der Waals surface area contributed by atoms with Gasteiger partial charge in [0, 0.05) is 12.6 Å². The highest BCUT2D eigenvalue weighted by Crippen LogP contribution is 2.18. The van der Waals surface area contributed by atoms with E-state index in [4.69, 9.17) is 4.74 Å². The maximum atomic E-state index is 12.2. The van der Waals surface area contributed by atoms with Crippen molar-refractivity contribution in [3.63, 3.8) is 0 Å². The van der Waals surface area contributed by atoms with Crippen LogP contribution in [0, 0.1) is 0 Å². The molecule has 1 aliphatic carbocycles. The number of alkyl halides is 2. The zero-order valence-electron chi connectivity index (χ0n) is 13.9. The number of halogens is 3. The summed E-state index contributed by atoms with van der Waals surface area (Å²) in [6.45, 7) is 2.73. The standard InChI is InChI=1S/C17H25F2N3O.HI/c1-2-20-17(22-14-7-3-4-8-14)21-11-13-6-5-9-15(10-13)23-12-16(18)19;/h5-6,9-10,14,16H,2-4,7-8,11-12H2,1H3,(H2,20,21,22);1H. The summed E-state index contributed by atoms with van der Waals surface area (Å²) >= 11 is 0. The molecule has 0 unspecified atom stereocenters. The Balaban J connectivity index is 0.00000288. The maximum Gasteiger partial charge on any atom is 0.272 e. The third-order valence-corrected chi connectivity index (χ3v) is 3.73. The van der Waals surface area contributed by atoms with Crippen LogP contribution in [0.25, 0.3) is 0 Å². The van der Waals surface area contributed by atoms with Crippen LogP contribution in [0.5, 0.6) is 5.75 Å². The average molecular weight is 453 g/mol. The van der Waals surface area contributed by atoms with E-state index in [1.165, 1.54) is 25.7 Å². The van der Waals surface area contributed by atoms with E-state index in [-0.39, 0.29) is 24.0 Å². The monoisotopic (exact) mass is 453 g/mol. The topological polar surface area (TPSA) is 45.7 Å². The van der Waals surface area contributed by atoms with Gasteiger partial charge in [0.2, 0.25) is 0 Å². The fourth-order valence-corrected chi connectivity index (χ4v) is 2.65. The zero-order valence-corrected chi connectivity index (χ0v) is 16.3. The summed E-state index contributed by atoms with van der Waals surface area (Å²) < 4.78 is 29.4. The van der Waals surface area contributed by atoms with Crippen molar-refractivity contribution < 1.29 is 13.5 Å². The lowest BCUT2D eigenvalue weighted by Gasteiger charge is -2.16. The predicted octanol–water partition coefficient (Wildman–Crippen LogP) is 3.95. The van der Waals surface area contributed by atoms with Crippen LogP contribution in [0.4, 0.5) is 8.78 Å². The molecule has 0 amide bonds. The molecule has 0 heterocycles. The molecule has 24 heavy (non-hydrogen) atoms. The van der Waals surface area contributed by atoms with Gasteiger partial charge in [0.05, 0.1) is 6.54 Å². The number of nitrogens with zero attached hydrogens (tertiary/aromatic N) is 1. The van der Waals surface area contributed by atoms with Gasteiger partial charge in [0.1, 0.15) is 12.4 Å². The van der Waals surface area contributed by atoms with Gasteiger partial charge in [0.15, 0.2) is 5.96 Å². The molecule has 1 aromatic rings. The molecule has 0 radical (unpaired) electrons. The second kappa shape index (κ2) is 11.4. The van der Waals surface area contributed by atoms with Crippen LogP contribution in [0.3, 0.4) is 0 Å². The number of guanidine groups is 1. The number of nitrogens with one attached hydrogen (secondary N) is 2. The van der Waals surface area contributed by atoms with Crippen LogP contribution in [0.1, 0.15) is 38.2 Å². The van der Waals surface area contributed by atoms with Crippen molar-refractivity contribution in [2.75, 3.05) is 13.2 Å². The van der Waals surface area contributed by atoms with Crippen LogP contribution in [-0.2, 0) is 6.54 Å². The van der Waals surface area contributed by atoms with Crippen molar-refractivity contribution in [3.05, 3.63) is 29.8 Å². The molecular formula is C17H26F2IN3O. The van der Waals surface area contributed by atoms with Crippen molar-refractivity contribution in [3.8, 4) is 5.75 Å². The first-order valence-corrected chi connectivity index (χ1v) is 8.22. The number of rotatable bonds is 7. The Morgan fingerprint density at radius 3 is 2.75 bits per heavy atom. The van der Waals surface area contributed by atoms with Crippen molar-refractivity contribution in [2.45, 2.75) is 51.6 Å². The third kappa shape index (κ3) is 7.63. The lowest BCUT2D eigenvalue weighted by molar-refractivity contribution is 0.0818. The van der Waals surface area contributed by atoms with Crippen molar-refractivity contribution in [2.24, 2.45) is 4.99 Å². The van der Waals surface area contributed by atoms with E-state index in [2.05, 4.69) is 15.6 Å². The highest BCUT2D eigenvalue weighted by molar-refractivity contribution is 14.0. The summed E-state index contributed by atoms with van der Waals surface area (Å²) in [6, 6.07) is 7.64. The second-order valence-electron chi connectivity index (χ2n) is 5.67. The first-order chi connectivity index (χ1) is 11.2. The molecule has 1 aliphatic rings. The van der Waals surface area contributed by atoms with E-state index in [0.717, 1.165) is 18.1 Å². The third-order valence-electron chi connectivity index (χ3n) is 3.73. The van der Waals surface area contributed by atoms with Gasteiger partial charge in [-0.25, -0.2) is 13.8 Å². The Morgan fingerprint density at radius 2 is 2.08 bits per heavy atom. The SMILES string of the molecule is CCNC(=NCc1cccc(OCC(F)F)c1)NC1CCCC1.I. The van der Waals surface area contributed by atoms with E-state index in [1.807, 2.05) is 13.0 Å². The minimum atomic E-state index is -2.47. The minimum absolute atomic E-state index is 0. The summed E-state index contributed by atoms with van der Waals surface area (Å²) in [5.74, 6) is 1.25. The number of ether oxygens (including phenoxy) is 1. The Kier molecular flexibility index (Phi) is 9.97. The fraction of sp³-hybridized carbons (Fsp3) is 0.588. The summed E-state index contributed by atoms with van der Waals surface area (Å²) in [5, 5.41) is 6.69. The smallest absolute Gasteiger partial charge is 0.272 e.